The van der Waals surface area contributed by atoms with Gasteiger partial charge < -0.3 is 10.2 Å². The van der Waals surface area contributed by atoms with E-state index in [1.54, 1.807) is 11.3 Å². The second-order valence-electron chi connectivity index (χ2n) is 4.85. The standard InChI is InChI=1S/C13H17N3OS/c1-16-5-3-13(10-14,4-6-16)15-12(17)8-11-2-7-18-9-11/h2,7,9H,3-6,8H2,1H3,(H,15,17). The molecule has 96 valence electrons. The lowest BCUT2D eigenvalue weighted by Gasteiger charge is -2.36. The molecule has 4 nitrogen and oxygen atoms in total. The van der Waals surface area contributed by atoms with Gasteiger partial charge in [0.1, 0.15) is 5.54 Å². The third-order valence-corrected chi connectivity index (χ3v) is 4.11. The molecule has 1 aliphatic heterocycles. The molecule has 18 heavy (non-hydrogen) atoms. The average molecular weight is 263 g/mol. The largest absolute Gasteiger partial charge is 0.337 e. The molecular weight excluding hydrogens is 246 g/mol. The molecule has 1 aromatic heterocycles. The van der Waals surface area contributed by atoms with Crippen molar-refractivity contribution in [2.75, 3.05) is 20.1 Å². The second-order valence-corrected chi connectivity index (χ2v) is 5.63. The molecule has 0 unspecified atom stereocenters. The molecule has 0 aromatic carbocycles. The number of likely N-dealkylation sites (tertiary alicyclic amines) is 1. The number of thiophene rings is 1. The first-order valence-electron chi connectivity index (χ1n) is 6.05. The van der Waals surface area contributed by atoms with Gasteiger partial charge in [-0.1, -0.05) is 0 Å². The maximum atomic E-state index is 12.0. The van der Waals surface area contributed by atoms with Crippen molar-refractivity contribution in [2.45, 2.75) is 24.8 Å². The lowest BCUT2D eigenvalue weighted by atomic mass is 9.89. The Morgan fingerprint density at radius 2 is 2.33 bits per heavy atom. The first-order valence-corrected chi connectivity index (χ1v) is 7.00. The average Bonchev–Trinajstić information content (AvgIpc) is 2.85. The van der Waals surface area contributed by atoms with Gasteiger partial charge in [0.05, 0.1) is 12.5 Å². The van der Waals surface area contributed by atoms with Crippen LogP contribution in [0.15, 0.2) is 16.8 Å². The van der Waals surface area contributed by atoms with E-state index >= 15 is 0 Å². The molecule has 0 spiro atoms. The molecule has 2 heterocycles. The zero-order chi connectivity index (χ0) is 13.0. The van der Waals surface area contributed by atoms with E-state index in [1.807, 2.05) is 23.9 Å². The lowest BCUT2D eigenvalue weighted by molar-refractivity contribution is -0.122. The highest BCUT2D eigenvalue weighted by Gasteiger charge is 2.35. The summed E-state index contributed by atoms with van der Waals surface area (Å²) in [4.78, 5) is 14.1. The highest BCUT2D eigenvalue weighted by atomic mass is 32.1. The summed E-state index contributed by atoms with van der Waals surface area (Å²) in [6.45, 7) is 1.71. The highest BCUT2D eigenvalue weighted by molar-refractivity contribution is 7.07. The van der Waals surface area contributed by atoms with Gasteiger partial charge in [0.25, 0.3) is 0 Å². The van der Waals surface area contributed by atoms with Crippen molar-refractivity contribution < 1.29 is 4.79 Å². The minimum Gasteiger partial charge on any atom is -0.337 e. The van der Waals surface area contributed by atoms with Crippen molar-refractivity contribution in [1.29, 1.82) is 5.26 Å². The van der Waals surface area contributed by atoms with Crippen LogP contribution in [0.1, 0.15) is 18.4 Å². The van der Waals surface area contributed by atoms with E-state index in [-0.39, 0.29) is 5.91 Å². The fraction of sp³-hybridized carbons (Fsp3) is 0.538. The third kappa shape index (κ3) is 3.09. The van der Waals surface area contributed by atoms with Crippen molar-refractivity contribution in [3.8, 4) is 6.07 Å². The zero-order valence-electron chi connectivity index (χ0n) is 10.5. The minimum absolute atomic E-state index is 0.0560. The van der Waals surface area contributed by atoms with Gasteiger partial charge >= 0.3 is 0 Å². The minimum atomic E-state index is -0.667. The Labute approximate surface area is 111 Å². The Hall–Kier alpha value is -1.38. The van der Waals surface area contributed by atoms with Crippen molar-refractivity contribution in [3.05, 3.63) is 22.4 Å². The maximum absolute atomic E-state index is 12.0. The van der Waals surface area contributed by atoms with Crippen LogP contribution in [0, 0.1) is 11.3 Å². The topological polar surface area (TPSA) is 56.1 Å². The molecule has 0 aliphatic carbocycles. The van der Waals surface area contributed by atoms with Gasteiger partial charge in [-0.05, 0) is 42.3 Å². The van der Waals surface area contributed by atoms with E-state index in [4.69, 9.17) is 0 Å². The van der Waals surface area contributed by atoms with Gasteiger partial charge in [-0.25, -0.2) is 0 Å². The fourth-order valence-corrected chi connectivity index (χ4v) is 2.82. The van der Waals surface area contributed by atoms with Gasteiger partial charge in [0, 0.05) is 13.1 Å². The molecule has 1 saturated heterocycles. The quantitative estimate of drug-likeness (QED) is 0.896. The number of nitriles is 1. The number of piperidine rings is 1. The summed E-state index contributed by atoms with van der Waals surface area (Å²) in [6.07, 6.45) is 1.77. The van der Waals surface area contributed by atoms with E-state index < -0.39 is 5.54 Å². The number of carbonyl (C=O) groups is 1. The summed E-state index contributed by atoms with van der Waals surface area (Å²) in [6, 6.07) is 4.23. The van der Waals surface area contributed by atoms with E-state index in [0.29, 0.717) is 19.3 Å². The first-order chi connectivity index (χ1) is 8.63. The van der Waals surface area contributed by atoms with Crippen LogP contribution in [0.25, 0.3) is 0 Å². The van der Waals surface area contributed by atoms with Gasteiger partial charge in [-0.15, -0.1) is 0 Å². The number of nitrogens with zero attached hydrogens (tertiary/aromatic N) is 2. The molecule has 0 atom stereocenters. The van der Waals surface area contributed by atoms with Gasteiger partial charge in [-0.2, -0.15) is 16.6 Å². The van der Waals surface area contributed by atoms with Crippen molar-refractivity contribution in [1.82, 2.24) is 10.2 Å². The van der Waals surface area contributed by atoms with E-state index in [9.17, 15) is 10.1 Å². The van der Waals surface area contributed by atoms with Crippen LogP contribution in [0.5, 0.6) is 0 Å². The number of rotatable bonds is 3. The summed E-state index contributed by atoms with van der Waals surface area (Å²) in [5.41, 5.74) is 0.345. The number of carbonyl (C=O) groups excluding carboxylic acids is 1. The molecular formula is C13H17N3OS. The van der Waals surface area contributed by atoms with Crippen molar-refractivity contribution in [2.24, 2.45) is 0 Å². The Bertz CT molecular complexity index is 441. The number of nitrogens with one attached hydrogen (secondary N) is 1. The summed E-state index contributed by atoms with van der Waals surface area (Å²) in [7, 11) is 2.04. The van der Waals surface area contributed by atoms with Crippen LogP contribution in [-0.2, 0) is 11.2 Å². The van der Waals surface area contributed by atoms with Crippen LogP contribution < -0.4 is 5.32 Å². The van der Waals surface area contributed by atoms with Crippen LogP contribution in [0.3, 0.4) is 0 Å². The summed E-state index contributed by atoms with van der Waals surface area (Å²) >= 11 is 1.58. The molecule has 1 fully saturated rings. The van der Waals surface area contributed by atoms with E-state index in [1.165, 1.54) is 0 Å². The third-order valence-electron chi connectivity index (χ3n) is 3.38. The molecule has 1 N–H and O–H groups in total. The second kappa shape index (κ2) is 5.51. The Morgan fingerprint density at radius 1 is 1.61 bits per heavy atom. The molecule has 1 aromatic rings. The first kappa shape index (κ1) is 13.1. The SMILES string of the molecule is CN1CCC(C#N)(NC(=O)Cc2ccsc2)CC1. The van der Waals surface area contributed by atoms with Gasteiger partial charge in [-0.3, -0.25) is 4.79 Å². The Morgan fingerprint density at radius 3 is 2.89 bits per heavy atom. The van der Waals surface area contributed by atoms with Crippen LogP contribution >= 0.6 is 11.3 Å². The number of hydrogen-bond donors (Lipinski definition) is 1. The predicted molar refractivity (Wildman–Crippen MR) is 71.2 cm³/mol. The summed E-state index contributed by atoms with van der Waals surface area (Å²) in [5.74, 6) is -0.0560. The predicted octanol–water partition coefficient (Wildman–Crippen LogP) is 1.39. The molecule has 0 radical (unpaired) electrons. The monoisotopic (exact) mass is 263 g/mol. The van der Waals surface area contributed by atoms with Crippen molar-refractivity contribution >= 4 is 17.2 Å². The van der Waals surface area contributed by atoms with Crippen LogP contribution in [0.2, 0.25) is 0 Å². The number of hydrogen-bond acceptors (Lipinski definition) is 4. The Kier molecular flexibility index (Phi) is 4.00. The van der Waals surface area contributed by atoms with Gasteiger partial charge in [0.15, 0.2) is 0 Å². The van der Waals surface area contributed by atoms with Gasteiger partial charge in [0.2, 0.25) is 5.91 Å². The molecule has 1 amide bonds. The molecule has 2 rings (SSSR count). The smallest absolute Gasteiger partial charge is 0.225 e. The zero-order valence-corrected chi connectivity index (χ0v) is 11.3. The molecule has 1 aliphatic rings. The number of amides is 1. The van der Waals surface area contributed by atoms with Crippen LogP contribution in [0.4, 0.5) is 0 Å². The lowest BCUT2D eigenvalue weighted by Crippen LogP contribution is -2.54. The normalized spacial score (nSPS) is 19.1. The highest BCUT2D eigenvalue weighted by Crippen LogP contribution is 2.21. The van der Waals surface area contributed by atoms with Crippen molar-refractivity contribution in [3.63, 3.8) is 0 Å². The fourth-order valence-electron chi connectivity index (χ4n) is 2.15. The Balaban J connectivity index is 1.94. The maximum Gasteiger partial charge on any atom is 0.225 e. The summed E-state index contributed by atoms with van der Waals surface area (Å²) in [5, 5.41) is 16.2. The van der Waals surface area contributed by atoms with Crippen LogP contribution in [-0.4, -0.2) is 36.5 Å². The van der Waals surface area contributed by atoms with E-state index in [0.717, 1.165) is 18.7 Å². The molecule has 0 saturated carbocycles. The summed E-state index contributed by atoms with van der Waals surface area (Å²) < 4.78 is 0. The molecule has 5 heteroatoms. The molecule has 0 bridgehead atoms. The van der Waals surface area contributed by atoms with E-state index in [2.05, 4.69) is 16.3 Å².